The van der Waals surface area contributed by atoms with E-state index in [9.17, 15) is 0 Å². The van der Waals surface area contributed by atoms with Crippen LogP contribution in [0.4, 0.5) is 0 Å². The van der Waals surface area contributed by atoms with Crippen LogP contribution >= 0.6 is 24.8 Å². The largest absolute Gasteiger partial charge is 0.508 e. The van der Waals surface area contributed by atoms with Gasteiger partial charge in [-0.25, -0.2) is 0 Å². The maximum atomic E-state index is 8.63. The van der Waals surface area contributed by atoms with Crippen molar-refractivity contribution in [1.82, 2.24) is 0 Å². The second-order valence-electron chi connectivity index (χ2n) is 12.2. The minimum atomic E-state index is 0. The van der Waals surface area contributed by atoms with Gasteiger partial charge in [-0.1, -0.05) is 95.3 Å². The van der Waals surface area contributed by atoms with Crippen LogP contribution in [0, 0.1) is 5.41 Å². The highest BCUT2D eigenvalue weighted by atomic mass is 35.5. The van der Waals surface area contributed by atoms with Crippen LogP contribution < -0.4 is 4.74 Å². The molecule has 4 nitrogen and oxygen atoms in total. The fraction of sp³-hybridized carbons (Fsp3) is 0.455. The lowest BCUT2D eigenvalue weighted by Gasteiger charge is -2.33. The van der Waals surface area contributed by atoms with Gasteiger partial charge >= 0.3 is 0 Å². The summed E-state index contributed by atoms with van der Waals surface area (Å²) in [7, 11) is 4.49. The molecule has 0 unspecified atom stereocenters. The van der Waals surface area contributed by atoms with Crippen LogP contribution in [0.3, 0.4) is 0 Å². The molecule has 0 aliphatic carbocycles. The highest BCUT2D eigenvalue weighted by Crippen LogP contribution is 2.36. The maximum absolute atomic E-state index is 8.63. The molecule has 0 aromatic heterocycles. The maximum Gasteiger partial charge on any atom is 0.119 e. The number of phenolic OH excluding ortho intramolecular Hbond substituents is 1. The van der Waals surface area contributed by atoms with Gasteiger partial charge in [-0.15, -0.1) is 24.8 Å². The first-order chi connectivity index (χ1) is 17.4. The van der Waals surface area contributed by atoms with E-state index in [2.05, 4.69) is 103 Å². The number of hydrogen-bond donors (Lipinski definition) is 1. The summed E-state index contributed by atoms with van der Waals surface area (Å²) in [6.07, 6.45) is 1.15. The zero-order valence-electron chi connectivity index (χ0n) is 24.9. The minimum Gasteiger partial charge on any atom is -0.508 e. The number of aromatic hydroxyl groups is 1. The molecular weight excluding hydrogens is 529 g/mol. The fourth-order valence-corrected chi connectivity index (χ4v) is 4.65. The molecule has 0 spiro atoms. The Labute approximate surface area is 249 Å². The lowest BCUT2D eigenvalue weighted by Crippen LogP contribution is -2.41. The highest BCUT2D eigenvalue weighted by Gasteiger charge is 2.27. The lowest BCUT2D eigenvalue weighted by molar-refractivity contribution is -0.904. The average Bonchev–Trinajstić information content (AvgIpc) is 2.81. The van der Waals surface area contributed by atoms with Crippen LogP contribution in [0.5, 0.6) is 11.5 Å². The van der Waals surface area contributed by atoms with Crippen molar-refractivity contribution in [2.75, 3.05) is 40.5 Å². The Morgan fingerprint density at radius 3 is 1.72 bits per heavy atom. The first-order valence-electron chi connectivity index (χ1n) is 13.3. The summed E-state index contributed by atoms with van der Waals surface area (Å²) in [6, 6.07) is 27.9. The molecule has 0 amide bonds. The second kappa shape index (κ2) is 17.5. The molecule has 3 rings (SSSR count). The van der Waals surface area contributed by atoms with Crippen molar-refractivity contribution in [3.05, 3.63) is 96.1 Å². The van der Waals surface area contributed by atoms with E-state index in [0.29, 0.717) is 24.4 Å². The zero-order chi connectivity index (χ0) is 27.4. The van der Waals surface area contributed by atoms with E-state index >= 15 is 0 Å². The van der Waals surface area contributed by atoms with E-state index in [-0.39, 0.29) is 30.2 Å². The molecule has 0 atom stereocenters. The van der Waals surface area contributed by atoms with E-state index in [1.165, 1.54) is 11.1 Å². The van der Waals surface area contributed by atoms with Crippen molar-refractivity contribution in [1.29, 1.82) is 0 Å². The number of nitrogens with zero attached hydrogens (tertiary/aromatic N) is 1. The van der Waals surface area contributed by atoms with Gasteiger partial charge in [-0.3, -0.25) is 0 Å². The zero-order valence-corrected chi connectivity index (χ0v) is 26.5. The lowest BCUT2D eigenvalue weighted by atomic mass is 9.72. The van der Waals surface area contributed by atoms with Crippen LogP contribution in [0.15, 0.2) is 84.9 Å². The first kappa shape index (κ1) is 36.8. The predicted molar refractivity (Wildman–Crippen MR) is 170 cm³/mol. The smallest absolute Gasteiger partial charge is 0.119 e. The Morgan fingerprint density at radius 2 is 1.23 bits per heavy atom. The Kier molecular flexibility index (Phi) is 16.4. The first-order valence-corrected chi connectivity index (χ1v) is 13.3. The van der Waals surface area contributed by atoms with Crippen LogP contribution in [0.1, 0.15) is 52.2 Å². The van der Waals surface area contributed by atoms with Crippen LogP contribution in [0.25, 0.3) is 0 Å². The van der Waals surface area contributed by atoms with Crippen molar-refractivity contribution in [3.8, 4) is 11.5 Å². The monoisotopic (exact) mass is 578 g/mol. The third-order valence-corrected chi connectivity index (χ3v) is 6.16. The number of benzene rings is 3. The molecule has 3 aromatic carbocycles. The van der Waals surface area contributed by atoms with Crippen molar-refractivity contribution in [3.63, 3.8) is 0 Å². The molecule has 0 heterocycles. The molecule has 218 valence electrons. The third-order valence-electron chi connectivity index (χ3n) is 6.16. The van der Waals surface area contributed by atoms with Gasteiger partial charge in [0.05, 0.1) is 27.3 Å². The summed E-state index contributed by atoms with van der Waals surface area (Å²) in [5.41, 5.74) is 3.19. The molecule has 39 heavy (non-hydrogen) atoms. The van der Waals surface area contributed by atoms with E-state index in [1.807, 2.05) is 6.07 Å². The summed E-state index contributed by atoms with van der Waals surface area (Å²) < 4.78 is 12.6. The Balaban J connectivity index is 0.00000139. The SMILES string of the molecule is CC(C)(C)CC(C)(C)c1ccc(OCCOCC[N+](C)(C)Cc2ccccc2)cc1.Cl.Cl.Oc1ccccc1. The Hall–Kier alpha value is -2.24. The summed E-state index contributed by atoms with van der Waals surface area (Å²) in [5, 5.41) is 8.63. The summed E-state index contributed by atoms with van der Waals surface area (Å²) in [5.74, 6) is 1.23. The van der Waals surface area contributed by atoms with Gasteiger partial charge in [0.1, 0.15) is 31.2 Å². The molecule has 0 aliphatic heterocycles. The van der Waals surface area contributed by atoms with Crippen LogP contribution in [-0.4, -0.2) is 50.1 Å². The fourth-order valence-electron chi connectivity index (χ4n) is 4.65. The molecule has 0 bridgehead atoms. The van der Waals surface area contributed by atoms with Crippen molar-refractivity contribution in [2.24, 2.45) is 5.41 Å². The normalized spacial score (nSPS) is 11.4. The number of quaternary nitrogens is 1. The molecule has 0 aliphatic rings. The van der Waals surface area contributed by atoms with Gasteiger partial charge in [-0.2, -0.15) is 0 Å². The standard InChI is InChI=1S/C27H42NO2.C6H6O.2ClH/c1-26(2,3)22-27(4,5)24-13-15-25(16-14-24)30-20-19-29-18-17-28(6,7)21-23-11-9-8-10-12-23;7-6-4-2-1-3-5-6;;/h8-16H,17-22H2,1-7H3;1-5,7H;2*1H/q+1;;;. The molecule has 6 heteroatoms. The minimum absolute atomic E-state index is 0. The third kappa shape index (κ3) is 15.8. The molecule has 0 fully saturated rings. The number of rotatable bonds is 11. The molecule has 3 aromatic rings. The quantitative estimate of drug-likeness (QED) is 0.183. The van der Waals surface area contributed by atoms with E-state index in [1.54, 1.807) is 24.3 Å². The van der Waals surface area contributed by atoms with E-state index < -0.39 is 0 Å². The van der Waals surface area contributed by atoms with Gasteiger partial charge in [0.15, 0.2) is 0 Å². The highest BCUT2D eigenvalue weighted by molar-refractivity contribution is 5.85. The van der Waals surface area contributed by atoms with Gasteiger partial charge < -0.3 is 19.1 Å². The van der Waals surface area contributed by atoms with Gasteiger partial charge in [0.2, 0.25) is 0 Å². The number of phenols is 1. The van der Waals surface area contributed by atoms with Crippen LogP contribution in [-0.2, 0) is 16.7 Å². The summed E-state index contributed by atoms with van der Waals surface area (Å²) >= 11 is 0. The van der Waals surface area contributed by atoms with Crippen LogP contribution in [0.2, 0.25) is 0 Å². The van der Waals surface area contributed by atoms with E-state index in [0.717, 1.165) is 36.3 Å². The Bertz CT molecular complexity index is 1020. The molecule has 0 radical (unpaired) electrons. The van der Waals surface area contributed by atoms with Gasteiger partial charge in [0.25, 0.3) is 0 Å². The number of halogens is 2. The number of ether oxygens (including phenoxy) is 2. The topological polar surface area (TPSA) is 38.7 Å². The number of para-hydroxylation sites is 1. The van der Waals surface area contributed by atoms with Gasteiger partial charge in [-0.05, 0) is 47.1 Å². The van der Waals surface area contributed by atoms with Crippen molar-refractivity contribution in [2.45, 2.75) is 53.0 Å². The predicted octanol–water partition coefficient (Wildman–Crippen LogP) is 8.31. The number of hydrogen-bond acceptors (Lipinski definition) is 3. The molecule has 1 N–H and O–H groups in total. The van der Waals surface area contributed by atoms with Crippen molar-refractivity contribution >= 4 is 24.8 Å². The van der Waals surface area contributed by atoms with Gasteiger partial charge in [0, 0.05) is 5.56 Å². The average molecular weight is 580 g/mol. The molecule has 0 saturated heterocycles. The number of likely N-dealkylation sites (N-methyl/N-ethyl adjacent to an activating group) is 1. The summed E-state index contributed by atoms with van der Waals surface area (Å²) in [4.78, 5) is 0. The molecular formula is C33H50Cl2NO3+. The van der Waals surface area contributed by atoms with Crippen molar-refractivity contribution < 1.29 is 19.1 Å². The Morgan fingerprint density at radius 1 is 0.692 bits per heavy atom. The summed E-state index contributed by atoms with van der Waals surface area (Å²) in [6.45, 7) is 15.5. The molecule has 0 saturated carbocycles. The van der Waals surface area contributed by atoms with E-state index in [4.69, 9.17) is 14.6 Å². The second-order valence-corrected chi connectivity index (χ2v) is 12.2.